The van der Waals surface area contributed by atoms with E-state index < -0.39 is 54.3 Å². The van der Waals surface area contributed by atoms with Crippen molar-refractivity contribution in [3.63, 3.8) is 0 Å². The van der Waals surface area contributed by atoms with Gasteiger partial charge in [-0.05, 0) is 37.5 Å². The second-order valence-corrected chi connectivity index (χ2v) is 23.0. The maximum Gasteiger partial charge on any atom is 0.305 e. The summed E-state index contributed by atoms with van der Waals surface area (Å²) in [6.45, 7) is 1.08. The Morgan fingerprint density at radius 1 is 0.709 bits per heavy atom. The van der Waals surface area contributed by atoms with Crippen LogP contribution in [0.3, 0.4) is 0 Å². The Hall–Kier alpha value is -7.64. The molecule has 7 aromatic heterocycles. The predicted octanol–water partition coefficient (Wildman–Crippen LogP) is 7.11. The number of methoxy groups -OCH3 is 2. The molecular weight excluding hydrogens is 1140 g/mol. The number of amides is 6. The molecule has 0 saturated carbocycles. The Labute approximate surface area is 473 Å². The molecule has 3 atom stereocenters. The van der Waals surface area contributed by atoms with E-state index in [0.717, 1.165) is 22.7 Å². The molecule has 7 N–H and O–H groups in total. The summed E-state index contributed by atoms with van der Waals surface area (Å²) in [6.07, 6.45) is -0.153. The molecule has 8 aromatic rings. The molecule has 408 valence electrons. The van der Waals surface area contributed by atoms with Crippen molar-refractivity contribution in [3.05, 3.63) is 106 Å². The van der Waals surface area contributed by atoms with Gasteiger partial charge in [-0.2, -0.15) is 0 Å². The molecule has 0 aliphatic carbocycles. The first-order chi connectivity index (χ1) is 38.2. The zero-order valence-electron chi connectivity index (χ0n) is 42.2. The van der Waals surface area contributed by atoms with Gasteiger partial charge in [0.2, 0.25) is 17.7 Å². The van der Waals surface area contributed by atoms with Crippen molar-refractivity contribution >= 4 is 120 Å². The SMILES string of the molecule is CNC(=O)C[C@@H]1NC(=O)c2csc(n2)-c2ccc(-c3nc(NC(=O)CCCCC(=O)OC)cs3)nc2-c2csc(n2)-c2csc(n2)[C@H]([C@@H](O)c2ccccc2)NC(=O)CNC(=O)c2nc(sc2COC)NC(=O)c2nc1sc2C. The van der Waals surface area contributed by atoms with Gasteiger partial charge in [-0.1, -0.05) is 41.7 Å². The molecule has 10 bridgehead atoms. The van der Waals surface area contributed by atoms with Gasteiger partial charge in [-0.25, -0.2) is 34.9 Å². The number of esters is 1. The Balaban J connectivity index is 1.09. The van der Waals surface area contributed by atoms with Crippen LogP contribution in [0.15, 0.2) is 64.0 Å². The molecule has 1 aromatic carbocycles. The molecule has 23 nitrogen and oxygen atoms in total. The zero-order valence-corrected chi connectivity index (χ0v) is 47.1. The first-order valence-corrected chi connectivity index (χ1v) is 29.1. The van der Waals surface area contributed by atoms with Crippen molar-refractivity contribution in [2.45, 2.75) is 63.8 Å². The molecule has 0 unspecified atom stereocenters. The summed E-state index contributed by atoms with van der Waals surface area (Å²) in [7, 11) is 4.20. The molecule has 79 heavy (non-hydrogen) atoms. The van der Waals surface area contributed by atoms with Gasteiger partial charge in [-0.15, -0.1) is 56.7 Å². The van der Waals surface area contributed by atoms with Gasteiger partial charge < -0.3 is 41.2 Å². The summed E-state index contributed by atoms with van der Waals surface area (Å²) in [5, 5.41) is 37.0. The van der Waals surface area contributed by atoms with Gasteiger partial charge in [0, 0.05) is 59.0 Å². The molecule has 0 spiro atoms. The zero-order chi connectivity index (χ0) is 55.7. The lowest BCUT2D eigenvalue weighted by Crippen LogP contribution is -2.40. The third kappa shape index (κ3) is 13.4. The number of hydrogen-bond donors (Lipinski definition) is 7. The maximum atomic E-state index is 14.2. The second kappa shape index (κ2) is 25.4. The van der Waals surface area contributed by atoms with E-state index in [1.807, 2.05) is 0 Å². The summed E-state index contributed by atoms with van der Waals surface area (Å²) in [6, 6.07) is 10.2. The number of fused-ring (bicyclic) bond motifs is 14. The van der Waals surface area contributed by atoms with Crippen molar-refractivity contribution in [1.82, 2.24) is 56.2 Å². The monoisotopic (exact) mass is 1180 g/mol. The molecule has 29 heteroatoms. The smallest absolute Gasteiger partial charge is 0.305 e. The number of carbonyl (C=O) groups is 7. The summed E-state index contributed by atoms with van der Waals surface area (Å²) < 4.78 is 10.0. The van der Waals surface area contributed by atoms with E-state index in [1.54, 1.807) is 70.9 Å². The number of aromatic nitrogens is 7. The van der Waals surface area contributed by atoms with Gasteiger partial charge >= 0.3 is 5.97 Å². The largest absolute Gasteiger partial charge is 0.469 e. The number of pyridine rings is 1. The molecule has 9 rings (SSSR count). The maximum absolute atomic E-state index is 14.2. The minimum absolute atomic E-state index is 0.0116. The molecule has 0 fully saturated rings. The quantitative estimate of drug-likeness (QED) is 0.0447. The van der Waals surface area contributed by atoms with Crippen LogP contribution in [0.5, 0.6) is 0 Å². The van der Waals surface area contributed by atoms with Gasteiger partial charge in [0.15, 0.2) is 5.13 Å². The number of nitrogens with zero attached hydrogens (tertiary/aromatic N) is 7. The predicted molar refractivity (Wildman–Crippen MR) is 299 cm³/mol. The third-order valence-electron chi connectivity index (χ3n) is 11.8. The fourth-order valence-electron chi connectivity index (χ4n) is 7.84. The lowest BCUT2D eigenvalue weighted by molar-refractivity contribution is -0.140. The molecule has 6 amide bonds. The number of unbranched alkanes of at least 4 members (excludes halogenated alkanes) is 1. The summed E-state index contributed by atoms with van der Waals surface area (Å²) >= 11 is 6.95. The van der Waals surface area contributed by atoms with Crippen LogP contribution in [0.4, 0.5) is 10.9 Å². The van der Waals surface area contributed by atoms with Crippen LogP contribution >= 0.6 is 68.0 Å². The van der Waals surface area contributed by atoms with Crippen molar-refractivity contribution in [3.8, 4) is 43.4 Å². The molecule has 8 heterocycles. The Morgan fingerprint density at radius 2 is 1.44 bits per heavy atom. The van der Waals surface area contributed by atoms with E-state index in [9.17, 15) is 38.7 Å². The average Bonchev–Trinajstić information content (AvgIpc) is 4.46. The van der Waals surface area contributed by atoms with E-state index in [4.69, 9.17) is 24.7 Å². The van der Waals surface area contributed by atoms with E-state index in [-0.39, 0.29) is 65.0 Å². The Kier molecular flexibility index (Phi) is 18.1. The van der Waals surface area contributed by atoms with E-state index in [2.05, 4.69) is 51.6 Å². The number of aliphatic hydroxyl groups is 1. The number of ether oxygens (including phenoxy) is 2. The van der Waals surface area contributed by atoms with Crippen molar-refractivity contribution < 1.29 is 48.1 Å². The molecule has 0 saturated heterocycles. The minimum atomic E-state index is -1.28. The number of aliphatic hydroxyl groups excluding tert-OH is 1. The molecule has 1 aliphatic heterocycles. The molecule has 0 radical (unpaired) electrons. The number of hydrogen-bond acceptors (Lipinski definition) is 23. The molecule has 1 aliphatic rings. The second-order valence-electron chi connectivity index (χ2n) is 17.2. The van der Waals surface area contributed by atoms with Crippen LogP contribution in [0.2, 0.25) is 0 Å². The van der Waals surface area contributed by atoms with Gasteiger partial charge in [0.1, 0.15) is 77.2 Å². The van der Waals surface area contributed by atoms with Crippen LogP contribution in [0, 0.1) is 6.92 Å². The number of rotatable bonds is 13. The summed E-state index contributed by atoms with van der Waals surface area (Å²) in [4.78, 5) is 127. The highest BCUT2D eigenvalue weighted by Gasteiger charge is 2.31. The van der Waals surface area contributed by atoms with Crippen molar-refractivity contribution in [2.24, 2.45) is 0 Å². The number of carbonyl (C=O) groups excluding carboxylic acids is 7. The lowest BCUT2D eigenvalue weighted by Gasteiger charge is -2.23. The van der Waals surface area contributed by atoms with Crippen LogP contribution in [0.1, 0.15) is 107 Å². The van der Waals surface area contributed by atoms with Crippen molar-refractivity contribution in [2.75, 3.05) is 38.4 Å². The van der Waals surface area contributed by atoms with E-state index >= 15 is 0 Å². The number of anilines is 2. The van der Waals surface area contributed by atoms with Gasteiger partial charge in [-0.3, -0.25) is 38.9 Å². The van der Waals surface area contributed by atoms with Crippen molar-refractivity contribution in [1.29, 1.82) is 0 Å². The highest BCUT2D eigenvalue weighted by atomic mass is 32.1. The fourth-order valence-corrected chi connectivity index (χ4v) is 13.0. The van der Waals surface area contributed by atoms with Gasteiger partial charge in [0.05, 0.1) is 43.3 Å². The lowest BCUT2D eigenvalue weighted by atomic mass is 10.0. The summed E-state index contributed by atoms with van der Waals surface area (Å²) in [5.74, 6) is -3.40. The topological polar surface area (TPSA) is 321 Å². The van der Waals surface area contributed by atoms with E-state index in [1.165, 1.54) is 66.6 Å². The number of benzene rings is 1. The standard InChI is InChI=1S/C50H47N13O10S6/c1-23-37-44(71)63-50-62-39(31(79-50)18-72-3)43(70)52-17-35(66)60-40(41(68)24-10-6-5-7-11-24)49-57-30(21-76-49)47-55-28(19-75-47)38-25(45-56-29(20-74-45)42(69)54-27(16-34(65)51-2)48(61-37)78-23)14-15-26(53-38)46-59-32(22-77-46)58-33(64)12-8-9-13-36(67)73-4/h5-7,10-11,14-15,19-22,27,40-41,68H,8-9,12-13,16-18H2,1-4H3,(H,51,65)(H,52,70)(H,54,69)(H,58,64)(H,60,66)(H,62,63,71)/t27-,40-,41-/m0/s1. The first kappa shape index (κ1) is 56.1. The van der Waals surface area contributed by atoms with E-state index in [0.29, 0.717) is 82.3 Å². The Bertz CT molecular complexity index is 3570. The highest BCUT2D eigenvalue weighted by molar-refractivity contribution is 7.16. The average molecular weight is 1180 g/mol. The van der Waals surface area contributed by atoms with Crippen LogP contribution in [-0.4, -0.2) is 109 Å². The third-order valence-corrected chi connectivity index (χ3v) is 17.3. The first-order valence-electron chi connectivity index (χ1n) is 24.0. The molecular formula is C50H47N13O10S6. The minimum Gasteiger partial charge on any atom is -0.469 e. The highest BCUT2D eigenvalue weighted by Crippen LogP contribution is 2.40. The Morgan fingerprint density at radius 3 is 2.23 bits per heavy atom. The number of thiazole rings is 6. The van der Waals surface area contributed by atoms with Crippen LogP contribution < -0.4 is 31.9 Å². The number of aryl methyl sites for hydroxylation is 1. The van der Waals surface area contributed by atoms with Crippen LogP contribution in [-0.2, 0) is 35.3 Å². The fraction of sp³-hybridized carbons (Fsp3) is 0.280. The normalized spacial score (nSPS) is 15.3. The van der Waals surface area contributed by atoms with Crippen LogP contribution in [0.25, 0.3) is 43.4 Å². The number of nitrogens with one attached hydrogen (secondary N) is 6. The summed E-state index contributed by atoms with van der Waals surface area (Å²) in [5.41, 5.74) is 2.56. The van der Waals surface area contributed by atoms with Gasteiger partial charge in [0.25, 0.3) is 17.7 Å².